The summed E-state index contributed by atoms with van der Waals surface area (Å²) in [6.07, 6.45) is 5.64. The van der Waals surface area contributed by atoms with Gasteiger partial charge in [-0.3, -0.25) is 9.69 Å². The van der Waals surface area contributed by atoms with E-state index < -0.39 is 5.97 Å². The van der Waals surface area contributed by atoms with E-state index in [9.17, 15) is 9.59 Å². The van der Waals surface area contributed by atoms with E-state index >= 15 is 0 Å². The molecule has 1 amide bonds. The molecule has 2 atom stereocenters. The number of carbonyl (C=O) groups is 2. The summed E-state index contributed by atoms with van der Waals surface area (Å²) in [5.41, 5.74) is 1.98. The van der Waals surface area contributed by atoms with Gasteiger partial charge in [0.15, 0.2) is 6.61 Å². The van der Waals surface area contributed by atoms with Crippen LogP contribution < -0.4 is 10.1 Å². The molecule has 3 rings (SSSR count). The maximum atomic E-state index is 12.3. The maximum absolute atomic E-state index is 12.3. The van der Waals surface area contributed by atoms with Crippen molar-refractivity contribution in [3.63, 3.8) is 0 Å². The number of likely N-dealkylation sites (tertiary alicyclic amines) is 1. The number of benzene rings is 1. The molecule has 1 aromatic carbocycles. The minimum Gasteiger partial charge on any atom is -0.482 e. The van der Waals surface area contributed by atoms with E-state index in [-0.39, 0.29) is 29.5 Å². The first-order valence-electron chi connectivity index (χ1n) is 11.1. The van der Waals surface area contributed by atoms with Crippen LogP contribution in [0.25, 0.3) is 0 Å². The normalized spacial score (nSPS) is 25.6. The highest BCUT2D eigenvalue weighted by atomic mass is 16.5. The van der Waals surface area contributed by atoms with Crippen LogP contribution in [-0.2, 0) is 21.5 Å². The predicted octanol–water partition coefficient (Wildman–Crippen LogP) is 3.86. The Kier molecular flexibility index (Phi) is 6.75. The van der Waals surface area contributed by atoms with Crippen molar-refractivity contribution in [2.24, 2.45) is 0 Å². The van der Waals surface area contributed by atoms with Crippen molar-refractivity contribution >= 4 is 11.9 Å². The Balaban J connectivity index is 1.93. The second-order valence-electron chi connectivity index (χ2n) is 10.1. The van der Waals surface area contributed by atoms with Gasteiger partial charge in [-0.1, -0.05) is 32.9 Å². The number of nitrogens with one attached hydrogen (secondary N) is 1. The van der Waals surface area contributed by atoms with Crippen molar-refractivity contribution in [1.29, 1.82) is 0 Å². The Morgan fingerprint density at radius 2 is 2.07 bits per heavy atom. The van der Waals surface area contributed by atoms with E-state index in [0.717, 1.165) is 44.2 Å². The number of ether oxygens (including phenoxy) is 1. The molecule has 1 aromatic rings. The summed E-state index contributed by atoms with van der Waals surface area (Å²) in [4.78, 5) is 25.8. The summed E-state index contributed by atoms with van der Waals surface area (Å²) >= 11 is 0. The van der Waals surface area contributed by atoms with E-state index in [2.05, 4.69) is 44.0 Å². The zero-order valence-corrected chi connectivity index (χ0v) is 18.8. The minimum atomic E-state index is -0.977. The lowest BCUT2D eigenvalue weighted by atomic mass is 9.84. The van der Waals surface area contributed by atoms with Gasteiger partial charge in [-0.15, -0.1) is 0 Å². The van der Waals surface area contributed by atoms with Crippen LogP contribution >= 0.6 is 0 Å². The average Bonchev–Trinajstić information content (AvgIpc) is 2.88. The number of rotatable bonds is 5. The molecule has 166 valence electrons. The van der Waals surface area contributed by atoms with Crippen LogP contribution in [0.5, 0.6) is 5.75 Å². The number of carboxylic acids is 1. The van der Waals surface area contributed by atoms with Gasteiger partial charge in [0.05, 0.1) is 5.54 Å². The Morgan fingerprint density at radius 3 is 2.77 bits per heavy atom. The van der Waals surface area contributed by atoms with Crippen LogP contribution in [0.4, 0.5) is 0 Å². The minimum absolute atomic E-state index is 0.0102. The van der Waals surface area contributed by atoms with E-state index in [1.807, 2.05) is 12.1 Å². The SMILES string of the molecule is CC(C)(C)c1ccc(OCC(=O)O)c(CN2CCCC[C@]3(C)NC(=O)CCC[C@H]23)c1. The van der Waals surface area contributed by atoms with E-state index in [0.29, 0.717) is 18.7 Å². The first-order valence-corrected chi connectivity index (χ1v) is 11.1. The predicted molar refractivity (Wildman–Crippen MR) is 117 cm³/mol. The monoisotopic (exact) mass is 416 g/mol. The third-order valence-corrected chi connectivity index (χ3v) is 6.53. The molecule has 0 aliphatic carbocycles. The van der Waals surface area contributed by atoms with Gasteiger partial charge in [0.1, 0.15) is 5.75 Å². The first kappa shape index (κ1) is 22.6. The van der Waals surface area contributed by atoms with Crippen molar-refractivity contribution in [2.45, 2.75) is 89.8 Å². The molecule has 6 nitrogen and oxygen atoms in total. The number of amides is 1. The van der Waals surface area contributed by atoms with E-state index in [1.165, 1.54) is 5.56 Å². The number of nitrogens with zero attached hydrogens (tertiary/aromatic N) is 1. The molecule has 2 saturated heterocycles. The number of carbonyl (C=O) groups excluding carboxylic acids is 1. The smallest absolute Gasteiger partial charge is 0.341 e. The number of aliphatic carboxylic acids is 1. The molecular formula is C24H36N2O4. The van der Waals surface area contributed by atoms with Crippen LogP contribution in [0, 0.1) is 0 Å². The second-order valence-corrected chi connectivity index (χ2v) is 10.1. The highest BCUT2D eigenvalue weighted by Gasteiger charge is 2.42. The van der Waals surface area contributed by atoms with Crippen molar-refractivity contribution in [1.82, 2.24) is 10.2 Å². The molecule has 30 heavy (non-hydrogen) atoms. The van der Waals surface area contributed by atoms with Gasteiger partial charge in [0.25, 0.3) is 0 Å². The lowest BCUT2D eigenvalue weighted by Crippen LogP contribution is -2.58. The van der Waals surface area contributed by atoms with Gasteiger partial charge in [0, 0.05) is 24.6 Å². The fourth-order valence-electron chi connectivity index (χ4n) is 4.87. The van der Waals surface area contributed by atoms with Gasteiger partial charge in [0.2, 0.25) is 5.91 Å². The molecule has 6 heteroatoms. The number of hydrogen-bond acceptors (Lipinski definition) is 4. The highest BCUT2D eigenvalue weighted by Crippen LogP contribution is 2.35. The summed E-state index contributed by atoms with van der Waals surface area (Å²) in [6, 6.07) is 6.36. The van der Waals surface area contributed by atoms with Gasteiger partial charge in [-0.2, -0.15) is 0 Å². The molecule has 0 aromatic heterocycles. The third-order valence-electron chi connectivity index (χ3n) is 6.53. The molecule has 0 spiro atoms. The van der Waals surface area contributed by atoms with Crippen molar-refractivity contribution in [2.75, 3.05) is 13.2 Å². The fraction of sp³-hybridized carbons (Fsp3) is 0.667. The summed E-state index contributed by atoms with van der Waals surface area (Å²) in [5.74, 6) is -0.189. The topological polar surface area (TPSA) is 78.9 Å². The van der Waals surface area contributed by atoms with Crippen molar-refractivity contribution in [3.8, 4) is 5.75 Å². The summed E-state index contributed by atoms with van der Waals surface area (Å²) in [7, 11) is 0. The zero-order chi connectivity index (χ0) is 21.9. The van der Waals surface area contributed by atoms with Crippen LogP contribution in [0.3, 0.4) is 0 Å². The van der Waals surface area contributed by atoms with E-state index in [4.69, 9.17) is 9.84 Å². The average molecular weight is 417 g/mol. The standard InChI is InChI=1S/C24H36N2O4/c1-23(2,3)18-10-11-19(30-16-22(28)29)17(14-18)15-26-13-6-5-12-24(4)20(26)8-7-9-21(27)25-24/h10-11,14,20H,5-9,12-13,15-16H2,1-4H3,(H,25,27)(H,28,29)/t20-,24-/m0/s1. The van der Waals surface area contributed by atoms with Crippen LogP contribution in [0.1, 0.15) is 77.3 Å². The largest absolute Gasteiger partial charge is 0.482 e. The van der Waals surface area contributed by atoms with Crippen LogP contribution in [0.15, 0.2) is 18.2 Å². The lowest BCUT2D eigenvalue weighted by molar-refractivity contribution is -0.139. The molecule has 2 heterocycles. The first-order chi connectivity index (χ1) is 14.1. The fourth-order valence-corrected chi connectivity index (χ4v) is 4.87. The molecule has 0 unspecified atom stereocenters. The maximum Gasteiger partial charge on any atom is 0.341 e. The van der Waals surface area contributed by atoms with Crippen molar-refractivity contribution in [3.05, 3.63) is 29.3 Å². The highest BCUT2D eigenvalue weighted by molar-refractivity contribution is 5.77. The number of carboxylic acid groups (broad SMARTS) is 1. The molecule has 2 fully saturated rings. The lowest BCUT2D eigenvalue weighted by Gasteiger charge is -2.42. The number of hydrogen-bond donors (Lipinski definition) is 2. The molecule has 2 N–H and O–H groups in total. The number of fused-ring (bicyclic) bond motifs is 1. The molecular weight excluding hydrogens is 380 g/mol. The van der Waals surface area contributed by atoms with Gasteiger partial charge >= 0.3 is 5.97 Å². The Labute approximate surface area is 180 Å². The Hall–Kier alpha value is -2.08. The summed E-state index contributed by atoms with van der Waals surface area (Å²) < 4.78 is 5.65. The van der Waals surface area contributed by atoms with E-state index in [1.54, 1.807) is 0 Å². The van der Waals surface area contributed by atoms with Crippen molar-refractivity contribution < 1.29 is 19.4 Å². The van der Waals surface area contributed by atoms with Gasteiger partial charge in [-0.05, 0) is 62.6 Å². The molecule has 0 bridgehead atoms. The Morgan fingerprint density at radius 1 is 1.30 bits per heavy atom. The summed E-state index contributed by atoms with van der Waals surface area (Å²) in [6.45, 7) is 10.0. The van der Waals surface area contributed by atoms with Gasteiger partial charge < -0.3 is 15.2 Å². The second kappa shape index (κ2) is 8.96. The molecule has 2 aliphatic heterocycles. The third kappa shape index (κ3) is 5.34. The van der Waals surface area contributed by atoms with Crippen LogP contribution in [0.2, 0.25) is 0 Å². The molecule has 0 radical (unpaired) electrons. The van der Waals surface area contributed by atoms with Gasteiger partial charge in [-0.25, -0.2) is 4.79 Å². The molecule has 2 aliphatic rings. The quantitative estimate of drug-likeness (QED) is 0.762. The zero-order valence-electron chi connectivity index (χ0n) is 18.8. The molecule has 0 saturated carbocycles. The Bertz CT molecular complexity index is 786. The summed E-state index contributed by atoms with van der Waals surface area (Å²) in [5, 5.41) is 12.4. The van der Waals surface area contributed by atoms with Crippen LogP contribution in [-0.4, -0.2) is 46.6 Å².